The van der Waals surface area contributed by atoms with Crippen molar-refractivity contribution in [2.45, 2.75) is 18.9 Å². The van der Waals surface area contributed by atoms with Crippen LogP contribution in [-0.4, -0.2) is 40.1 Å². The molecule has 1 aromatic heterocycles. The van der Waals surface area contributed by atoms with Crippen LogP contribution >= 0.6 is 15.9 Å². The van der Waals surface area contributed by atoms with Crippen LogP contribution in [0, 0.1) is 11.6 Å². The fraction of sp³-hybridized carbons (Fsp3) is 0.312. The predicted molar refractivity (Wildman–Crippen MR) is 90.3 cm³/mol. The molecule has 3 rings (SSSR count). The molecular weight excluding hydrogens is 398 g/mol. The van der Waals surface area contributed by atoms with E-state index in [-0.39, 0.29) is 18.7 Å². The lowest BCUT2D eigenvalue weighted by molar-refractivity contribution is 0.0982. The van der Waals surface area contributed by atoms with Crippen LogP contribution < -0.4 is 10.1 Å². The number of nitrogens with zero attached hydrogens (tertiary/aromatic N) is 3. The van der Waals surface area contributed by atoms with Crippen molar-refractivity contribution in [2.75, 3.05) is 18.4 Å². The van der Waals surface area contributed by atoms with Crippen molar-refractivity contribution in [1.29, 1.82) is 0 Å². The third-order valence-electron chi connectivity index (χ3n) is 3.73. The van der Waals surface area contributed by atoms with Gasteiger partial charge in [0.1, 0.15) is 23.4 Å². The summed E-state index contributed by atoms with van der Waals surface area (Å²) in [5.74, 6) is -1.64. The average Bonchev–Trinajstić information content (AvgIpc) is 2.60. The van der Waals surface area contributed by atoms with Crippen LogP contribution in [0.15, 0.2) is 35.1 Å². The molecule has 1 saturated heterocycles. The van der Waals surface area contributed by atoms with E-state index in [1.54, 1.807) is 12.4 Å². The summed E-state index contributed by atoms with van der Waals surface area (Å²) < 4.78 is 33.7. The van der Waals surface area contributed by atoms with Gasteiger partial charge in [-0.3, -0.25) is 0 Å². The molecule has 1 fully saturated rings. The first kappa shape index (κ1) is 17.5. The molecule has 132 valence electrons. The van der Waals surface area contributed by atoms with Crippen molar-refractivity contribution in [3.63, 3.8) is 0 Å². The first-order chi connectivity index (χ1) is 12.0. The number of nitrogens with one attached hydrogen (secondary N) is 1. The zero-order chi connectivity index (χ0) is 17.8. The molecule has 1 unspecified atom stereocenters. The van der Waals surface area contributed by atoms with Gasteiger partial charge in [0.25, 0.3) is 0 Å². The number of urea groups is 1. The highest BCUT2D eigenvalue weighted by molar-refractivity contribution is 9.10. The molecule has 2 amide bonds. The number of likely N-dealkylation sites (tertiary alicyclic amines) is 1. The van der Waals surface area contributed by atoms with Crippen LogP contribution in [0.3, 0.4) is 0 Å². The number of benzene rings is 1. The number of anilines is 1. The Labute approximate surface area is 151 Å². The van der Waals surface area contributed by atoms with Crippen molar-refractivity contribution in [1.82, 2.24) is 14.9 Å². The maximum absolute atomic E-state index is 13.7. The van der Waals surface area contributed by atoms with E-state index in [0.717, 1.165) is 23.0 Å². The lowest BCUT2D eigenvalue weighted by Crippen LogP contribution is -2.46. The predicted octanol–water partition coefficient (Wildman–Crippen LogP) is 3.59. The number of hydrogen-bond donors (Lipinski definition) is 1. The SMILES string of the molecule is O=C(Nc1c(F)cccc1F)N1CCCC(Oc2ncc(Br)cn2)C1. The number of carbonyl (C=O) groups excluding carboxylic acids is 1. The van der Waals surface area contributed by atoms with Crippen molar-refractivity contribution in [3.05, 3.63) is 46.7 Å². The van der Waals surface area contributed by atoms with E-state index >= 15 is 0 Å². The van der Waals surface area contributed by atoms with Gasteiger partial charge in [0.15, 0.2) is 0 Å². The van der Waals surface area contributed by atoms with E-state index in [1.165, 1.54) is 11.0 Å². The van der Waals surface area contributed by atoms with E-state index in [2.05, 4.69) is 31.2 Å². The molecule has 0 radical (unpaired) electrons. The summed E-state index contributed by atoms with van der Waals surface area (Å²) in [5, 5.41) is 2.28. The second-order valence-electron chi connectivity index (χ2n) is 5.54. The molecule has 2 heterocycles. The molecule has 1 N–H and O–H groups in total. The minimum Gasteiger partial charge on any atom is -0.458 e. The molecule has 0 bridgehead atoms. The maximum Gasteiger partial charge on any atom is 0.322 e. The van der Waals surface area contributed by atoms with Gasteiger partial charge in [-0.15, -0.1) is 0 Å². The molecule has 0 spiro atoms. The molecule has 25 heavy (non-hydrogen) atoms. The van der Waals surface area contributed by atoms with Crippen LogP contribution in [0.4, 0.5) is 19.3 Å². The van der Waals surface area contributed by atoms with Gasteiger partial charge in [-0.1, -0.05) is 6.07 Å². The summed E-state index contributed by atoms with van der Waals surface area (Å²) in [5.41, 5.74) is -0.452. The summed E-state index contributed by atoms with van der Waals surface area (Å²) >= 11 is 3.24. The summed E-state index contributed by atoms with van der Waals surface area (Å²) in [7, 11) is 0. The fourth-order valence-electron chi connectivity index (χ4n) is 2.53. The molecule has 1 atom stereocenters. The van der Waals surface area contributed by atoms with Crippen LogP contribution in [0.25, 0.3) is 0 Å². The number of piperidine rings is 1. The van der Waals surface area contributed by atoms with Gasteiger partial charge in [-0.25, -0.2) is 23.5 Å². The molecular formula is C16H15BrF2N4O2. The Morgan fingerprint density at radius 3 is 2.64 bits per heavy atom. The first-order valence-electron chi connectivity index (χ1n) is 7.67. The normalized spacial score (nSPS) is 17.2. The molecule has 1 aliphatic heterocycles. The van der Waals surface area contributed by atoms with Gasteiger partial charge in [-0.05, 0) is 40.9 Å². The summed E-state index contributed by atoms with van der Waals surface area (Å²) in [6.07, 6.45) is 4.28. The number of amides is 2. The number of para-hydroxylation sites is 1. The minimum atomic E-state index is -0.818. The summed E-state index contributed by atoms with van der Waals surface area (Å²) in [6.45, 7) is 0.754. The largest absolute Gasteiger partial charge is 0.458 e. The van der Waals surface area contributed by atoms with E-state index in [0.29, 0.717) is 13.0 Å². The van der Waals surface area contributed by atoms with E-state index in [9.17, 15) is 13.6 Å². The van der Waals surface area contributed by atoms with Gasteiger partial charge in [-0.2, -0.15) is 0 Å². The summed E-state index contributed by atoms with van der Waals surface area (Å²) in [4.78, 5) is 21.8. The van der Waals surface area contributed by atoms with Gasteiger partial charge >= 0.3 is 12.0 Å². The highest BCUT2D eigenvalue weighted by Gasteiger charge is 2.26. The molecule has 1 aromatic carbocycles. The van der Waals surface area contributed by atoms with Gasteiger partial charge < -0.3 is 15.0 Å². The highest BCUT2D eigenvalue weighted by atomic mass is 79.9. The maximum atomic E-state index is 13.7. The fourth-order valence-corrected chi connectivity index (χ4v) is 2.74. The minimum absolute atomic E-state index is 0.218. The van der Waals surface area contributed by atoms with Crippen molar-refractivity contribution in [3.8, 4) is 6.01 Å². The number of ether oxygens (including phenoxy) is 1. The van der Waals surface area contributed by atoms with E-state index in [4.69, 9.17) is 4.74 Å². The molecule has 0 aliphatic carbocycles. The molecule has 0 saturated carbocycles. The smallest absolute Gasteiger partial charge is 0.322 e. The van der Waals surface area contributed by atoms with E-state index in [1.807, 2.05) is 0 Å². The monoisotopic (exact) mass is 412 g/mol. The quantitative estimate of drug-likeness (QED) is 0.836. The molecule has 9 heteroatoms. The molecule has 6 nitrogen and oxygen atoms in total. The third-order valence-corrected chi connectivity index (χ3v) is 4.14. The zero-order valence-corrected chi connectivity index (χ0v) is 14.7. The molecule has 2 aromatic rings. The van der Waals surface area contributed by atoms with Crippen molar-refractivity contribution < 1.29 is 18.3 Å². The number of halogens is 3. The number of carbonyl (C=O) groups is 1. The highest BCUT2D eigenvalue weighted by Crippen LogP contribution is 2.21. The zero-order valence-electron chi connectivity index (χ0n) is 13.1. The second-order valence-corrected chi connectivity index (χ2v) is 6.45. The van der Waals surface area contributed by atoms with Crippen LogP contribution in [0.2, 0.25) is 0 Å². The lowest BCUT2D eigenvalue weighted by atomic mass is 10.1. The topological polar surface area (TPSA) is 67.4 Å². The number of hydrogen-bond acceptors (Lipinski definition) is 4. The average molecular weight is 413 g/mol. The Balaban J connectivity index is 1.62. The van der Waals surface area contributed by atoms with E-state index < -0.39 is 23.4 Å². The lowest BCUT2D eigenvalue weighted by Gasteiger charge is -2.32. The van der Waals surface area contributed by atoms with Crippen LogP contribution in [0.1, 0.15) is 12.8 Å². The van der Waals surface area contributed by atoms with Gasteiger partial charge in [0.05, 0.1) is 11.0 Å². The molecule has 1 aliphatic rings. The first-order valence-corrected chi connectivity index (χ1v) is 8.46. The standard InChI is InChI=1S/C16H15BrF2N4O2/c17-10-7-20-15(21-8-10)25-11-3-2-6-23(9-11)16(24)22-14-12(18)4-1-5-13(14)19/h1,4-5,7-8,11H,2-3,6,9H2,(H,22,24). The van der Waals surface area contributed by atoms with Crippen molar-refractivity contribution >= 4 is 27.6 Å². The van der Waals surface area contributed by atoms with Crippen molar-refractivity contribution in [2.24, 2.45) is 0 Å². The Morgan fingerprint density at radius 2 is 1.96 bits per heavy atom. The third kappa shape index (κ3) is 4.41. The summed E-state index contributed by atoms with van der Waals surface area (Å²) in [6, 6.07) is 3.06. The Kier molecular flexibility index (Phi) is 5.42. The van der Waals surface area contributed by atoms with Gasteiger partial charge in [0.2, 0.25) is 0 Å². The van der Waals surface area contributed by atoms with Crippen LogP contribution in [-0.2, 0) is 0 Å². The Hall–Kier alpha value is -2.29. The number of aromatic nitrogens is 2. The number of rotatable bonds is 3. The van der Waals surface area contributed by atoms with Crippen LogP contribution in [0.5, 0.6) is 6.01 Å². The van der Waals surface area contributed by atoms with Gasteiger partial charge in [0, 0.05) is 18.9 Å². The second kappa shape index (κ2) is 7.73. The Morgan fingerprint density at radius 1 is 1.28 bits per heavy atom. The Bertz CT molecular complexity index is 740.